The maximum Gasteiger partial charge on any atom is 0.269 e. The van der Waals surface area contributed by atoms with Crippen molar-refractivity contribution in [2.45, 2.75) is 18.0 Å². The first-order valence-electron chi connectivity index (χ1n) is 7.01. The smallest absolute Gasteiger partial charge is 0.269 e. The Hall–Kier alpha value is -2.09. The molecule has 0 aliphatic carbocycles. The predicted octanol–water partition coefficient (Wildman–Crippen LogP) is 2.34. The molecule has 0 aromatic heterocycles. The summed E-state index contributed by atoms with van der Waals surface area (Å²) < 4.78 is 37.2. The van der Waals surface area contributed by atoms with Gasteiger partial charge < -0.3 is 9.47 Å². The fraction of sp³-hybridized carbons (Fsp3) is 0.250. The first kappa shape index (κ1) is 15.8. The lowest BCUT2D eigenvalue weighted by atomic mass is 10.1. The molecule has 0 radical (unpaired) electrons. The van der Waals surface area contributed by atoms with Gasteiger partial charge in [0.15, 0.2) is 11.5 Å². The van der Waals surface area contributed by atoms with Gasteiger partial charge in [-0.1, -0.05) is 34.8 Å². The molecule has 122 valence electrons. The molecule has 1 aliphatic rings. The molecule has 2 aromatic rings. The Morgan fingerprint density at radius 3 is 2.43 bits per heavy atom. The molecule has 1 aliphatic heterocycles. The van der Waals surface area contributed by atoms with E-state index >= 15 is 0 Å². The minimum Gasteiger partial charge on any atom is -0.493 e. The van der Waals surface area contributed by atoms with Crippen LogP contribution in [-0.4, -0.2) is 27.1 Å². The largest absolute Gasteiger partial charge is 0.493 e. The zero-order valence-electron chi connectivity index (χ0n) is 12.9. The van der Waals surface area contributed by atoms with Gasteiger partial charge in [-0.3, -0.25) is 4.84 Å². The van der Waals surface area contributed by atoms with Crippen molar-refractivity contribution in [1.82, 2.24) is 4.47 Å². The second-order valence-electron chi connectivity index (χ2n) is 5.00. The summed E-state index contributed by atoms with van der Waals surface area (Å²) in [5.41, 5.74) is 1.90. The predicted molar refractivity (Wildman–Crippen MR) is 83.5 cm³/mol. The standard InChI is InChI=1S/C16H17NO5S/c1-20-14-8-5-9-15(16(14)21-2)23(18,19)17-10-12-6-3-4-7-13(12)11-22-17/h3-9H,10-11H2,1-2H3. The maximum atomic E-state index is 12.9. The average Bonchev–Trinajstić information content (AvgIpc) is 2.60. The molecule has 6 nitrogen and oxygen atoms in total. The fourth-order valence-corrected chi connectivity index (χ4v) is 3.89. The minimum atomic E-state index is -3.87. The van der Waals surface area contributed by atoms with Crippen LogP contribution in [0.4, 0.5) is 0 Å². The van der Waals surface area contributed by atoms with E-state index < -0.39 is 10.0 Å². The van der Waals surface area contributed by atoms with Gasteiger partial charge >= 0.3 is 0 Å². The normalized spacial score (nSPS) is 15.0. The average molecular weight is 335 g/mol. The van der Waals surface area contributed by atoms with E-state index in [0.29, 0.717) is 5.75 Å². The lowest BCUT2D eigenvalue weighted by Crippen LogP contribution is -2.34. The summed E-state index contributed by atoms with van der Waals surface area (Å²) in [6, 6.07) is 12.3. The molecule has 0 fully saturated rings. The Bertz CT molecular complexity index is 819. The Morgan fingerprint density at radius 1 is 1.00 bits per heavy atom. The highest BCUT2D eigenvalue weighted by molar-refractivity contribution is 7.89. The van der Waals surface area contributed by atoms with Gasteiger partial charge in [-0.15, -0.1) is 0 Å². The summed E-state index contributed by atoms with van der Waals surface area (Å²) in [4.78, 5) is 5.46. The topological polar surface area (TPSA) is 65.1 Å². The van der Waals surface area contributed by atoms with Crippen molar-refractivity contribution < 1.29 is 22.7 Å². The van der Waals surface area contributed by atoms with Crippen LogP contribution in [0.3, 0.4) is 0 Å². The summed E-state index contributed by atoms with van der Waals surface area (Å²) >= 11 is 0. The first-order chi connectivity index (χ1) is 11.1. The molecule has 23 heavy (non-hydrogen) atoms. The van der Waals surface area contributed by atoms with E-state index in [2.05, 4.69) is 0 Å². The van der Waals surface area contributed by atoms with Crippen LogP contribution in [0.25, 0.3) is 0 Å². The molecule has 0 N–H and O–H groups in total. The number of hydrogen-bond acceptors (Lipinski definition) is 5. The number of benzene rings is 2. The molecule has 1 heterocycles. The zero-order chi connectivity index (χ0) is 16.4. The Labute approximate surface area is 135 Å². The van der Waals surface area contributed by atoms with Gasteiger partial charge in [0.25, 0.3) is 10.0 Å². The van der Waals surface area contributed by atoms with E-state index in [4.69, 9.17) is 14.3 Å². The van der Waals surface area contributed by atoms with Crippen molar-refractivity contribution in [1.29, 1.82) is 0 Å². The van der Waals surface area contributed by atoms with Gasteiger partial charge in [-0.2, -0.15) is 0 Å². The third-order valence-corrected chi connectivity index (χ3v) is 5.34. The lowest BCUT2D eigenvalue weighted by molar-refractivity contribution is -0.114. The number of hydrogen-bond donors (Lipinski definition) is 0. The van der Waals surface area contributed by atoms with Crippen LogP contribution in [0.15, 0.2) is 47.4 Å². The molecule has 0 saturated carbocycles. The highest BCUT2D eigenvalue weighted by Gasteiger charge is 2.33. The van der Waals surface area contributed by atoms with Crippen molar-refractivity contribution in [3.05, 3.63) is 53.6 Å². The Kier molecular flexibility index (Phi) is 4.25. The molecule has 2 aromatic carbocycles. The highest BCUT2D eigenvalue weighted by atomic mass is 32.2. The maximum absolute atomic E-state index is 12.9. The fourth-order valence-electron chi connectivity index (χ4n) is 2.50. The summed E-state index contributed by atoms with van der Waals surface area (Å²) in [6.45, 7) is 0.362. The number of fused-ring (bicyclic) bond motifs is 1. The number of nitrogens with zero attached hydrogens (tertiary/aromatic N) is 1. The van der Waals surface area contributed by atoms with E-state index in [9.17, 15) is 8.42 Å². The number of methoxy groups -OCH3 is 2. The van der Waals surface area contributed by atoms with Crippen LogP contribution < -0.4 is 9.47 Å². The van der Waals surface area contributed by atoms with E-state index in [1.165, 1.54) is 20.3 Å². The first-order valence-corrected chi connectivity index (χ1v) is 8.45. The highest BCUT2D eigenvalue weighted by Crippen LogP contribution is 2.36. The number of para-hydroxylation sites is 1. The molecule has 7 heteroatoms. The summed E-state index contributed by atoms with van der Waals surface area (Å²) in [5, 5.41) is 0. The van der Waals surface area contributed by atoms with Gasteiger partial charge in [0.05, 0.1) is 27.4 Å². The van der Waals surface area contributed by atoms with E-state index in [1.807, 2.05) is 24.3 Å². The molecule has 3 rings (SSSR count). The van der Waals surface area contributed by atoms with Crippen molar-refractivity contribution >= 4 is 10.0 Å². The van der Waals surface area contributed by atoms with Crippen molar-refractivity contribution in [3.8, 4) is 11.5 Å². The molecule has 0 bridgehead atoms. The number of hydroxylamine groups is 1. The molecule has 0 atom stereocenters. The molecule has 0 unspecified atom stereocenters. The van der Waals surface area contributed by atoms with Crippen LogP contribution >= 0.6 is 0 Å². The molecule has 0 spiro atoms. The number of rotatable bonds is 4. The Balaban J connectivity index is 2.01. The molecule has 0 amide bonds. The van der Waals surface area contributed by atoms with E-state index in [1.54, 1.807) is 12.1 Å². The van der Waals surface area contributed by atoms with Gasteiger partial charge in [-0.25, -0.2) is 8.42 Å². The monoisotopic (exact) mass is 335 g/mol. The third-order valence-electron chi connectivity index (χ3n) is 3.69. The van der Waals surface area contributed by atoms with Crippen molar-refractivity contribution in [2.24, 2.45) is 0 Å². The number of sulfonamides is 1. The van der Waals surface area contributed by atoms with Gasteiger partial charge in [0.1, 0.15) is 4.90 Å². The van der Waals surface area contributed by atoms with Crippen LogP contribution in [-0.2, 0) is 28.0 Å². The second-order valence-corrected chi connectivity index (χ2v) is 6.80. The van der Waals surface area contributed by atoms with E-state index in [0.717, 1.165) is 15.6 Å². The second kappa shape index (κ2) is 6.19. The quantitative estimate of drug-likeness (QED) is 0.858. The van der Waals surface area contributed by atoms with E-state index in [-0.39, 0.29) is 23.8 Å². The lowest BCUT2D eigenvalue weighted by Gasteiger charge is -2.28. The van der Waals surface area contributed by atoms with Gasteiger partial charge in [-0.05, 0) is 23.3 Å². The van der Waals surface area contributed by atoms with Gasteiger partial charge in [0.2, 0.25) is 0 Å². The van der Waals surface area contributed by atoms with Crippen LogP contribution in [0.5, 0.6) is 11.5 Å². The summed E-state index contributed by atoms with van der Waals surface area (Å²) in [5.74, 6) is 0.517. The molecular formula is C16H17NO5S. The van der Waals surface area contributed by atoms with Crippen LogP contribution in [0.1, 0.15) is 11.1 Å². The van der Waals surface area contributed by atoms with Crippen molar-refractivity contribution in [2.75, 3.05) is 14.2 Å². The van der Waals surface area contributed by atoms with Crippen LogP contribution in [0, 0.1) is 0 Å². The zero-order valence-corrected chi connectivity index (χ0v) is 13.7. The van der Waals surface area contributed by atoms with Gasteiger partial charge in [0, 0.05) is 0 Å². The van der Waals surface area contributed by atoms with Crippen molar-refractivity contribution in [3.63, 3.8) is 0 Å². The minimum absolute atomic E-state index is 0.0127. The third kappa shape index (κ3) is 2.78. The van der Waals surface area contributed by atoms with Crippen LogP contribution in [0.2, 0.25) is 0 Å². The molecular weight excluding hydrogens is 318 g/mol. The summed E-state index contributed by atoms with van der Waals surface area (Å²) in [6.07, 6.45) is 0. The SMILES string of the molecule is COc1cccc(S(=O)(=O)N2Cc3ccccc3CO2)c1OC. The molecule has 0 saturated heterocycles. The Morgan fingerprint density at radius 2 is 1.74 bits per heavy atom. The summed E-state index contributed by atoms with van der Waals surface area (Å²) in [7, 11) is -1.01. The number of ether oxygens (including phenoxy) is 2.